The van der Waals surface area contributed by atoms with Crippen LogP contribution in [0.15, 0.2) is 83.9 Å². The molecule has 4 aromatic rings. The number of halogens is 1. The first-order valence-corrected chi connectivity index (χ1v) is 13.3. The summed E-state index contributed by atoms with van der Waals surface area (Å²) < 4.78 is 6.88. The number of rotatable bonds is 8. The number of aromatic nitrogens is 1. The number of imide groups is 1. The Kier molecular flexibility index (Phi) is 7.90. The Labute approximate surface area is 238 Å². The number of hydrogen-bond acceptors (Lipinski definition) is 6. The van der Waals surface area contributed by atoms with Gasteiger partial charge in [0, 0.05) is 39.1 Å². The lowest BCUT2D eigenvalue weighted by atomic mass is 10.1. The maximum atomic E-state index is 13.1. The molecule has 4 amide bonds. The summed E-state index contributed by atoms with van der Waals surface area (Å²) in [7, 11) is 1.54. The lowest BCUT2D eigenvalue weighted by molar-refractivity contribution is -0.127. The first-order chi connectivity index (χ1) is 19.3. The van der Waals surface area contributed by atoms with Gasteiger partial charge in [0.15, 0.2) is 0 Å². The Morgan fingerprint density at radius 1 is 0.900 bits per heavy atom. The lowest BCUT2D eigenvalue weighted by Crippen LogP contribution is -2.36. The predicted molar refractivity (Wildman–Crippen MR) is 156 cm³/mol. The molecule has 9 nitrogen and oxygen atoms in total. The van der Waals surface area contributed by atoms with Gasteiger partial charge < -0.3 is 19.9 Å². The van der Waals surface area contributed by atoms with E-state index in [1.807, 2.05) is 24.3 Å². The third-order valence-corrected chi connectivity index (χ3v) is 7.26. The highest BCUT2D eigenvalue weighted by Crippen LogP contribution is 2.34. The Morgan fingerprint density at radius 3 is 2.20 bits per heavy atom. The summed E-state index contributed by atoms with van der Waals surface area (Å²) in [5.41, 5.74) is 2.60. The second kappa shape index (κ2) is 11.7. The highest BCUT2D eigenvalue weighted by atomic mass is 35.5. The van der Waals surface area contributed by atoms with E-state index in [0.29, 0.717) is 27.7 Å². The Bertz CT molecular complexity index is 1650. The molecule has 11 heteroatoms. The molecule has 2 N–H and O–H groups in total. The van der Waals surface area contributed by atoms with E-state index < -0.39 is 23.6 Å². The summed E-state index contributed by atoms with van der Waals surface area (Å²) in [5, 5.41) is 6.36. The van der Waals surface area contributed by atoms with Crippen molar-refractivity contribution in [2.24, 2.45) is 0 Å². The van der Waals surface area contributed by atoms with Gasteiger partial charge in [0.25, 0.3) is 11.1 Å². The van der Waals surface area contributed by atoms with Gasteiger partial charge in [0.1, 0.15) is 18.8 Å². The van der Waals surface area contributed by atoms with E-state index in [1.54, 1.807) is 72.5 Å². The number of thioether (sulfide) groups is 1. The van der Waals surface area contributed by atoms with E-state index >= 15 is 0 Å². The number of hydrogen-bond donors (Lipinski definition) is 2. The molecule has 0 bridgehead atoms. The molecule has 202 valence electrons. The number of methoxy groups -OCH3 is 1. The fourth-order valence-electron chi connectivity index (χ4n) is 4.21. The summed E-state index contributed by atoms with van der Waals surface area (Å²) in [6.45, 7) is -0.384. The van der Waals surface area contributed by atoms with Crippen molar-refractivity contribution in [1.29, 1.82) is 0 Å². The van der Waals surface area contributed by atoms with Gasteiger partial charge in [-0.15, -0.1) is 0 Å². The number of carbonyl (C=O) groups excluding carboxylic acids is 4. The van der Waals surface area contributed by atoms with Crippen LogP contribution in [0.25, 0.3) is 17.0 Å². The molecule has 0 saturated carbocycles. The van der Waals surface area contributed by atoms with Gasteiger partial charge in [-0.25, -0.2) is 0 Å². The van der Waals surface area contributed by atoms with Gasteiger partial charge in [0.05, 0.1) is 12.0 Å². The minimum Gasteiger partial charge on any atom is -0.497 e. The van der Waals surface area contributed by atoms with E-state index in [9.17, 15) is 19.2 Å². The maximum Gasteiger partial charge on any atom is 0.294 e. The van der Waals surface area contributed by atoms with Gasteiger partial charge in [-0.05, 0) is 72.4 Å². The predicted octanol–water partition coefficient (Wildman–Crippen LogP) is 5.62. The van der Waals surface area contributed by atoms with Crippen LogP contribution in [-0.2, 0) is 20.9 Å². The van der Waals surface area contributed by atoms with Crippen LogP contribution < -0.4 is 15.4 Å². The van der Waals surface area contributed by atoms with Crippen molar-refractivity contribution >= 4 is 74.7 Å². The van der Waals surface area contributed by atoms with Crippen molar-refractivity contribution in [3.8, 4) is 5.75 Å². The smallest absolute Gasteiger partial charge is 0.294 e. The number of ether oxygens (including phenoxy) is 1. The van der Waals surface area contributed by atoms with Crippen LogP contribution >= 0.6 is 23.4 Å². The standard InChI is InChI=1S/C29H23ClN4O5S/c1-39-22-12-10-21(11-13-22)32-27(36)17-34-28(37)25(40-29(34)38)14-18-15-33(24-5-3-2-4-23(18)24)16-26(35)31-20-8-6-19(30)7-9-20/h2-15H,16-17H2,1H3,(H,31,35)(H,32,36)/b25-14+. The molecule has 0 unspecified atom stereocenters. The molecule has 40 heavy (non-hydrogen) atoms. The van der Waals surface area contributed by atoms with Gasteiger partial charge in [0.2, 0.25) is 11.8 Å². The molecule has 1 aliphatic heterocycles. The number of amides is 4. The fourth-order valence-corrected chi connectivity index (χ4v) is 5.16. The number of carbonyl (C=O) groups is 4. The number of para-hydroxylation sites is 1. The average molecular weight is 575 g/mol. The zero-order chi connectivity index (χ0) is 28.2. The molecule has 2 heterocycles. The average Bonchev–Trinajstić information content (AvgIpc) is 3.42. The molecule has 0 atom stereocenters. The summed E-state index contributed by atoms with van der Waals surface area (Å²) in [4.78, 5) is 52.1. The first kappa shape index (κ1) is 27.0. The van der Waals surface area contributed by atoms with Crippen LogP contribution in [0.2, 0.25) is 5.02 Å². The SMILES string of the molecule is COc1ccc(NC(=O)CN2C(=O)S/C(=C/c3cn(CC(=O)Nc4ccc(Cl)cc4)c4ccccc34)C2=O)cc1. The van der Waals surface area contributed by atoms with E-state index in [4.69, 9.17) is 16.3 Å². The molecule has 1 aromatic heterocycles. The summed E-state index contributed by atoms with van der Waals surface area (Å²) in [6, 6.07) is 21.0. The second-order valence-electron chi connectivity index (χ2n) is 8.83. The van der Waals surface area contributed by atoms with Crippen LogP contribution in [0.1, 0.15) is 5.56 Å². The van der Waals surface area contributed by atoms with E-state index in [0.717, 1.165) is 27.6 Å². The quantitative estimate of drug-likeness (QED) is 0.264. The number of nitrogens with one attached hydrogen (secondary N) is 2. The monoisotopic (exact) mass is 574 g/mol. The maximum absolute atomic E-state index is 13.1. The molecule has 1 aliphatic rings. The largest absolute Gasteiger partial charge is 0.497 e. The van der Waals surface area contributed by atoms with Gasteiger partial charge >= 0.3 is 0 Å². The molecule has 5 rings (SSSR count). The Morgan fingerprint density at radius 2 is 1.52 bits per heavy atom. The molecular weight excluding hydrogens is 552 g/mol. The highest BCUT2D eigenvalue weighted by Gasteiger charge is 2.36. The van der Waals surface area contributed by atoms with Crippen molar-refractivity contribution < 1.29 is 23.9 Å². The van der Waals surface area contributed by atoms with Crippen molar-refractivity contribution in [1.82, 2.24) is 9.47 Å². The van der Waals surface area contributed by atoms with Crippen molar-refractivity contribution in [3.05, 3.63) is 94.5 Å². The van der Waals surface area contributed by atoms with E-state index in [2.05, 4.69) is 10.6 Å². The van der Waals surface area contributed by atoms with Crippen molar-refractivity contribution in [2.75, 3.05) is 24.3 Å². The third-order valence-electron chi connectivity index (χ3n) is 6.10. The summed E-state index contributed by atoms with van der Waals surface area (Å²) in [6.07, 6.45) is 3.37. The topological polar surface area (TPSA) is 110 Å². The molecule has 0 radical (unpaired) electrons. The first-order valence-electron chi connectivity index (χ1n) is 12.1. The lowest BCUT2D eigenvalue weighted by Gasteiger charge is -2.12. The summed E-state index contributed by atoms with van der Waals surface area (Å²) in [5.74, 6) is -0.662. The minimum absolute atomic E-state index is 0.0317. The number of nitrogens with zero attached hydrogens (tertiary/aromatic N) is 2. The number of anilines is 2. The molecule has 1 fully saturated rings. The van der Waals surface area contributed by atoms with Crippen LogP contribution in [0.3, 0.4) is 0 Å². The van der Waals surface area contributed by atoms with Crippen LogP contribution in [0.4, 0.5) is 16.2 Å². The molecule has 3 aromatic carbocycles. The second-order valence-corrected chi connectivity index (χ2v) is 10.3. The van der Waals surface area contributed by atoms with Crippen LogP contribution in [-0.4, -0.2) is 46.1 Å². The van der Waals surface area contributed by atoms with Crippen LogP contribution in [0, 0.1) is 0 Å². The fraction of sp³-hybridized carbons (Fsp3) is 0.103. The molecule has 1 saturated heterocycles. The normalized spacial score (nSPS) is 14.2. The van der Waals surface area contributed by atoms with E-state index in [-0.39, 0.29) is 17.4 Å². The summed E-state index contributed by atoms with van der Waals surface area (Å²) >= 11 is 6.68. The zero-order valence-electron chi connectivity index (χ0n) is 21.2. The minimum atomic E-state index is -0.558. The molecular formula is C29H23ClN4O5S. The zero-order valence-corrected chi connectivity index (χ0v) is 22.8. The number of fused-ring (bicyclic) bond motifs is 1. The van der Waals surface area contributed by atoms with Gasteiger partial charge in [-0.1, -0.05) is 29.8 Å². The third kappa shape index (κ3) is 6.03. The van der Waals surface area contributed by atoms with Crippen molar-refractivity contribution in [3.63, 3.8) is 0 Å². The molecule has 0 aliphatic carbocycles. The van der Waals surface area contributed by atoms with E-state index in [1.165, 1.54) is 0 Å². The van der Waals surface area contributed by atoms with Gasteiger partial charge in [-0.3, -0.25) is 24.1 Å². The van der Waals surface area contributed by atoms with Gasteiger partial charge in [-0.2, -0.15) is 0 Å². The van der Waals surface area contributed by atoms with Crippen LogP contribution in [0.5, 0.6) is 5.75 Å². The Hall–Kier alpha value is -4.54. The van der Waals surface area contributed by atoms with Crippen molar-refractivity contribution in [2.45, 2.75) is 6.54 Å². The number of benzene rings is 3. The highest BCUT2D eigenvalue weighted by molar-refractivity contribution is 8.18. The Balaban J connectivity index is 1.31. The molecule has 0 spiro atoms.